The molecular formula is C18H22N2O3. The van der Waals surface area contributed by atoms with Gasteiger partial charge < -0.3 is 20.1 Å². The van der Waals surface area contributed by atoms with Gasteiger partial charge in [-0.3, -0.25) is 0 Å². The van der Waals surface area contributed by atoms with Crippen LogP contribution in [0, 0.1) is 0 Å². The van der Waals surface area contributed by atoms with Gasteiger partial charge in [0.05, 0.1) is 12.7 Å². The summed E-state index contributed by atoms with van der Waals surface area (Å²) in [6, 6.07) is 14.8. The predicted molar refractivity (Wildman–Crippen MR) is 91.7 cm³/mol. The van der Waals surface area contributed by atoms with E-state index in [1.165, 1.54) is 0 Å². The number of amides is 2. The van der Waals surface area contributed by atoms with Crippen LogP contribution in [-0.4, -0.2) is 20.3 Å². The van der Waals surface area contributed by atoms with Crippen molar-refractivity contribution in [1.29, 1.82) is 0 Å². The topological polar surface area (TPSA) is 59.6 Å². The number of urea groups is 1. The van der Waals surface area contributed by atoms with Crippen LogP contribution < -0.4 is 10.6 Å². The number of methoxy groups -OCH3 is 2. The zero-order valence-electron chi connectivity index (χ0n) is 13.6. The highest BCUT2D eigenvalue weighted by Crippen LogP contribution is 2.20. The first-order chi connectivity index (χ1) is 11.1. The van der Waals surface area contributed by atoms with Crippen LogP contribution in [0.1, 0.15) is 24.2 Å². The van der Waals surface area contributed by atoms with Gasteiger partial charge in [-0.05, 0) is 30.7 Å². The molecule has 122 valence electrons. The first-order valence-electron chi connectivity index (χ1n) is 7.41. The summed E-state index contributed by atoms with van der Waals surface area (Å²) >= 11 is 0. The largest absolute Gasteiger partial charge is 0.380 e. The summed E-state index contributed by atoms with van der Waals surface area (Å²) in [5.41, 5.74) is 3.37. The van der Waals surface area contributed by atoms with Crippen molar-refractivity contribution in [3.8, 4) is 0 Å². The van der Waals surface area contributed by atoms with Crippen molar-refractivity contribution in [2.75, 3.05) is 24.9 Å². The fraction of sp³-hybridized carbons (Fsp3) is 0.278. The number of para-hydroxylation sites is 1. The van der Waals surface area contributed by atoms with Gasteiger partial charge in [-0.25, -0.2) is 4.79 Å². The summed E-state index contributed by atoms with van der Waals surface area (Å²) in [5.74, 6) is 0. The monoisotopic (exact) mass is 314 g/mol. The quantitative estimate of drug-likeness (QED) is 0.840. The van der Waals surface area contributed by atoms with E-state index in [4.69, 9.17) is 9.47 Å². The lowest BCUT2D eigenvalue weighted by Gasteiger charge is -2.14. The third-order valence-corrected chi connectivity index (χ3v) is 3.53. The molecule has 2 rings (SSSR count). The Hall–Kier alpha value is -2.37. The van der Waals surface area contributed by atoms with Crippen LogP contribution in [0.25, 0.3) is 0 Å². The summed E-state index contributed by atoms with van der Waals surface area (Å²) in [6.07, 6.45) is -0.0257. The maximum Gasteiger partial charge on any atom is 0.323 e. The van der Waals surface area contributed by atoms with Crippen molar-refractivity contribution in [3.05, 3.63) is 59.7 Å². The number of anilines is 2. The first-order valence-corrected chi connectivity index (χ1v) is 7.41. The SMILES string of the molecule is COCc1ccccc1NC(=O)Nc1cccc(C(C)OC)c1. The van der Waals surface area contributed by atoms with Gasteiger partial charge in [0.15, 0.2) is 0 Å². The number of benzene rings is 2. The molecule has 2 amide bonds. The summed E-state index contributed by atoms with van der Waals surface area (Å²) < 4.78 is 10.4. The smallest absolute Gasteiger partial charge is 0.323 e. The zero-order valence-corrected chi connectivity index (χ0v) is 13.6. The Kier molecular flexibility index (Phi) is 6.14. The molecule has 0 aliphatic heterocycles. The van der Waals surface area contributed by atoms with E-state index in [1.807, 2.05) is 55.5 Å². The molecule has 2 N–H and O–H groups in total. The van der Waals surface area contributed by atoms with Crippen LogP contribution in [0.5, 0.6) is 0 Å². The third kappa shape index (κ3) is 4.81. The number of hydrogen-bond donors (Lipinski definition) is 2. The second-order valence-corrected chi connectivity index (χ2v) is 5.17. The fourth-order valence-corrected chi connectivity index (χ4v) is 2.21. The minimum absolute atomic E-state index is 0.0257. The number of carbonyl (C=O) groups is 1. The van der Waals surface area contributed by atoms with Crippen molar-refractivity contribution in [1.82, 2.24) is 0 Å². The van der Waals surface area contributed by atoms with Crippen LogP contribution in [0.3, 0.4) is 0 Å². The van der Waals surface area contributed by atoms with Crippen molar-refractivity contribution in [2.45, 2.75) is 19.6 Å². The van der Waals surface area contributed by atoms with Crippen molar-refractivity contribution in [2.24, 2.45) is 0 Å². The Morgan fingerprint density at radius 3 is 2.61 bits per heavy atom. The Labute approximate surface area is 136 Å². The van der Waals surface area contributed by atoms with Crippen molar-refractivity contribution >= 4 is 17.4 Å². The molecule has 0 saturated heterocycles. The lowest BCUT2D eigenvalue weighted by atomic mass is 10.1. The molecule has 2 aromatic rings. The molecule has 0 saturated carbocycles. The summed E-state index contributed by atoms with van der Waals surface area (Å²) in [6.45, 7) is 2.40. The van der Waals surface area contributed by atoms with Crippen molar-refractivity contribution < 1.29 is 14.3 Å². The van der Waals surface area contributed by atoms with E-state index >= 15 is 0 Å². The molecule has 0 radical (unpaired) electrons. The van der Waals surface area contributed by atoms with E-state index < -0.39 is 0 Å². The van der Waals surface area contributed by atoms with Gasteiger partial charge in [-0.1, -0.05) is 30.3 Å². The highest BCUT2D eigenvalue weighted by Gasteiger charge is 2.08. The Morgan fingerprint density at radius 1 is 1.09 bits per heavy atom. The maximum atomic E-state index is 12.2. The zero-order chi connectivity index (χ0) is 16.7. The number of hydrogen-bond acceptors (Lipinski definition) is 3. The minimum atomic E-state index is -0.296. The number of rotatable bonds is 6. The summed E-state index contributed by atoms with van der Waals surface area (Å²) in [4.78, 5) is 12.2. The Balaban J connectivity index is 2.05. The van der Waals surface area contributed by atoms with Gasteiger partial charge in [0.2, 0.25) is 0 Å². The second-order valence-electron chi connectivity index (χ2n) is 5.17. The van der Waals surface area contributed by atoms with E-state index in [2.05, 4.69) is 10.6 Å². The van der Waals surface area contributed by atoms with Crippen molar-refractivity contribution in [3.63, 3.8) is 0 Å². The first kappa shape index (κ1) is 17.0. The molecule has 1 atom stereocenters. The molecule has 5 heteroatoms. The Morgan fingerprint density at radius 2 is 1.87 bits per heavy atom. The Bertz CT molecular complexity index is 658. The molecule has 2 aromatic carbocycles. The maximum absolute atomic E-state index is 12.2. The van der Waals surface area contributed by atoms with Gasteiger partial charge >= 0.3 is 6.03 Å². The number of carbonyl (C=O) groups excluding carboxylic acids is 1. The molecule has 0 bridgehead atoms. The lowest BCUT2D eigenvalue weighted by molar-refractivity contribution is 0.119. The van der Waals surface area contributed by atoms with Gasteiger partial charge in [0.25, 0.3) is 0 Å². The number of nitrogens with one attached hydrogen (secondary N) is 2. The van der Waals surface area contributed by atoms with Crippen LogP contribution in [-0.2, 0) is 16.1 Å². The highest BCUT2D eigenvalue weighted by molar-refractivity contribution is 6.00. The average molecular weight is 314 g/mol. The normalized spacial score (nSPS) is 11.8. The fourth-order valence-electron chi connectivity index (χ4n) is 2.21. The van der Waals surface area contributed by atoms with Gasteiger partial charge in [-0.2, -0.15) is 0 Å². The molecule has 5 nitrogen and oxygen atoms in total. The summed E-state index contributed by atoms with van der Waals surface area (Å²) in [5, 5.41) is 5.68. The molecule has 0 aromatic heterocycles. The number of ether oxygens (including phenoxy) is 2. The molecule has 0 spiro atoms. The van der Waals surface area contributed by atoms with Crippen LogP contribution >= 0.6 is 0 Å². The highest BCUT2D eigenvalue weighted by atomic mass is 16.5. The van der Waals surface area contributed by atoms with Crippen LogP contribution in [0.2, 0.25) is 0 Å². The van der Waals surface area contributed by atoms with E-state index in [9.17, 15) is 4.79 Å². The molecule has 0 fully saturated rings. The molecule has 23 heavy (non-hydrogen) atoms. The molecular weight excluding hydrogens is 292 g/mol. The average Bonchev–Trinajstić information content (AvgIpc) is 2.56. The van der Waals surface area contributed by atoms with Crippen LogP contribution in [0.15, 0.2) is 48.5 Å². The van der Waals surface area contributed by atoms with E-state index in [0.717, 1.165) is 16.8 Å². The predicted octanol–water partition coefficient (Wildman–Crippen LogP) is 4.18. The molecule has 0 aliphatic carbocycles. The third-order valence-electron chi connectivity index (χ3n) is 3.53. The van der Waals surface area contributed by atoms with Gasteiger partial charge in [-0.15, -0.1) is 0 Å². The minimum Gasteiger partial charge on any atom is -0.380 e. The standard InChI is InChI=1S/C18H22N2O3/c1-13(23-3)14-8-6-9-16(11-14)19-18(21)20-17-10-5-4-7-15(17)12-22-2/h4-11,13H,12H2,1-3H3,(H2,19,20,21). The lowest BCUT2D eigenvalue weighted by Crippen LogP contribution is -2.20. The van der Waals surface area contributed by atoms with Gasteiger partial charge in [0, 0.05) is 31.2 Å². The van der Waals surface area contributed by atoms with E-state index in [0.29, 0.717) is 12.3 Å². The van der Waals surface area contributed by atoms with Gasteiger partial charge in [0.1, 0.15) is 0 Å². The molecule has 0 heterocycles. The summed E-state index contributed by atoms with van der Waals surface area (Å²) in [7, 11) is 3.28. The van der Waals surface area contributed by atoms with E-state index in [-0.39, 0.29) is 12.1 Å². The molecule has 0 aliphatic rings. The second kappa shape index (κ2) is 8.31. The van der Waals surface area contributed by atoms with Crippen LogP contribution in [0.4, 0.5) is 16.2 Å². The van der Waals surface area contributed by atoms with E-state index in [1.54, 1.807) is 14.2 Å². The molecule has 1 unspecified atom stereocenters.